The number of rotatable bonds is 4. The van der Waals surface area contributed by atoms with Crippen molar-refractivity contribution in [1.82, 2.24) is 5.32 Å². The largest absolute Gasteiger partial charge is 0.442 e. The monoisotopic (exact) mass is 331 g/mol. The number of carbonyl (C=O) groups excluding carboxylic acids is 3. The summed E-state index contributed by atoms with van der Waals surface area (Å²) in [7, 11) is 0. The van der Waals surface area contributed by atoms with Gasteiger partial charge in [-0.25, -0.2) is 4.79 Å². The molecule has 1 N–H and O–H groups in total. The third kappa shape index (κ3) is 2.93. The molecule has 7 heteroatoms. The Morgan fingerprint density at radius 2 is 2.12 bits per heavy atom. The van der Waals surface area contributed by atoms with Crippen LogP contribution in [0.3, 0.4) is 0 Å². The van der Waals surface area contributed by atoms with Crippen LogP contribution in [0.1, 0.15) is 26.3 Å². The first-order valence-corrected chi connectivity index (χ1v) is 8.04. The molecule has 7 nitrogen and oxygen atoms in total. The van der Waals surface area contributed by atoms with Crippen molar-refractivity contribution in [3.8, 4) is 0 Å². The zero-order chi connectivity index (χ0) is 17.4. The number of anilines is 2. The van der Waals surface area contributed by atoms with E-state index in [1.807, 2.05) is 32.0 Å². The van der Waals surface area contributed by atoms with Crippen LogP contribution in [0.25, 0.3) is 0 Å². The fourth-order valence-corrected chi connectivity index (χ4v) is 3.16. The molecule has 3 amide bonds. The lowest BCUT2D eigenvalue weighted by molar-refractivity contribution is -0.119. The van der Waals surface area contributed by atoms with Crippen LogP contribution in [-0.4, -0.2) is 43.1 Å². The lowest BCUT2D eigenvalue weighted by atomic mass is 10.1. The van der Waals surface area contributed by atoms with Crippen molar-refractivity contribution in [1.29, 1.82) is 0 Å². The van der Waals surface area contributed by atoms with E-state index in [0.29, 0.717) is 25.2 Å². The first-order valence-electron chi connectivity index (χ1n) is 8.04. The number of nitrogens with one attached hydrogen (secondary N) is 1. The van der Waals surface area contributed by atoms with Crippen molar-refractivity contribution in [2.45, 2.75) is 39.3 Å². The summed E-state index contributed by atoms with van der Waals surface area (Å²) in [6.07, 6.45) is -0.460. The molecule has 0 spiro atoms. The smallest absolute Gasteiger partial charge is 0.414 e. The van der Waals surface area contributed by atoms with Gasteiger partial charge in [0.25, 0.3) is 0 Å². The number of cyclic esters (lactones) is 1. The van der Waals surface area contributed by atoms with E-state index in [1.165, 1.54) is 11.8 Å². The van der Waals surface area contributed by atoms with Gasteiger partial charge in [-0.15, -0.1) is 0 Å². The molecule has 1 aromatic rings. The number of carbonyl (C=O) groups is 3. The van der Waals surface area contributed by atoms with Gasteiger partial charge >= 0.3 is 6.09 Å². The van der Waals surface area contributed by atoms with E-state index < -0.39 is 6.09 Å². The molecule has 0 aliphatic carbocycles. The summed E-state index contributed by atoms with van der Waals surface area (Å²) >= 11 is 0. The lowest BCUT2D eigenvalue weighted by Gasteiger charge is -2.22. The van der Waals surface area contributed by atoms with Gasteiger partial charge in [0.15, 0.2) is 0 Å². The Kier molecular flexibility index (Phi) is 4.17. The number of amides is 3. The molecule has 0 unspecified atom stereocenters. The zero-order valence-corrected chi connectivity index (χ0v) is 14.0. The van der Waals surface area contributed by atoms with Gasteiger partial charge in [-0.05, 0) is 37.6 Å². The quantitative estimate of drug-likeness (QED) is 0.905. The molecule has 2 heterocycles. The van der Waals surface area contributed by atoms with Crippen molar-refractivity contribution < 1.29 is 19.1 Å². The standard InChI is InChI=1S/C17H21N3O4/c1-10(2)20-15-5-4-13(6-12(15)7-16(20)22)19-9-14(24-17(19)23)8-18-11(3)21/h4-6,10,14H,7-9H2,1-3H3,(H,18,21)/t14-/m0/s1. The van der Waals surface area contributed by atoms with Crippen LogP contribution in [0.2, 0.25) is 0 Å². The first-order chi connectivity index (χ1) is 11.4. The summed E-state index contributed by atoms with van der Waals surface area (Å²) in [6.45, 7) is 6.05. The highest BCUT2D eigenvalue weighted by Gasteiger charge is 2.34. The third-order valence-corrected chi connectivity index (χ3v) is 4.21. The van der Waals surface area contributed by atoms with E-state index in [-0.39, 0.29) is 24.0 Å². The van der Waals surface area contributed by atoms with Gasteiger partial charge in [-0.1, -0.05) is 0 Å². The van der Waals surface area contributed by atoms with Gasteiger partial charge in [-0.3, -0.25) is 14.5 Å². The Hall–Kier alpha value is -2.57. The maximum absolute atomic E-state index is 12.2. The predicted octanol–water partition coefficient (Wildman–Crippen LogP) is 1.45. The Balaban J connectivity index is 1.77. The van der Waals surface area contributed by atoms with Crippen molar-refractivity contribution in [3.05, 3.63) is 23.8 Å². The summed E-state index contributed by atoms with van der Waals surface area (Å²) in [5.41, 5.74) is 2.54. The van der Waals surface area contributed by atoms with Crippen LogP contribution in [0.4, 0.5) is 16.2 Å². The number of benzene rings is 1. The molecule has 0 saturated carbocycles. The second-order valence-corrected chi connectivity index (χ2v) is 6.40. The fraction of sp³-hybridized carbons (Fsp3) is 0.471. The number of hydrogen-bond acceptors (Lipinski definition) is 4. The summed E-state index contributed by atoms with van der Waals surface area (Å²) in [5.74, 6) is -0.0843. The normalized spacial score (nSPS) is 19.8. The highest BCUT2D eigenvalue weighted by molar-refractivity contribution is 6.02. The summed E-state index contributed by atoms with van der Waals surface area (Å²) in [4.78, 5) is 38.5. The minimum atomic E-state index is -0.435. The fourth-order valence-electron chi connectivity index (χ4n) is 3.16. The van der Waals surface area contributed by atoms with Gasteiger partial charge in [0.1, 0.15) is 6.10 Å². The highest BCUT2D eigenvalue weighted by Crippen LogP contribution is 2.34. The lowest BCUT2D eigenvalue weighted by Crippen LogP contribution is -2.33. The Morgan fingerprint density at radius 3 is 2.79 bits per heavy atom. The molecule has 1 aromatic carbocycles. The molecule has 2 aliphatic heterocycles. The van der Waals surface area contributed by atoms with E-state index in [2.05, 4.69) is 5.32 Å². The average molecular weight is 331 g/mol. The maximum Gasteiger partial charge on any atom is 0.414 e. The summed E-state index contributed by atoms with van der Waals surface area (Å²) < 4.78 is 5.27. The van der Waals surface area contributed by atoms with E-state index in [0.717, 1.165) is 11.3 Å². The molecule has 3 rings (SSSR count). The van der Waals surface area contributed by atoms with E-state index >= 15 is 0 Å². The predicted molar refractivity (Wildman–Crippen MR) is 89.1 cm³/mol. The molecule has 0 aromatic heterocycles. The minimum absolute atomic E-state index is 0.0738. The highest BCUT2D eigenvalue weighted by atomic mass is 16.6. The van der Waals surface area contributed by atoms with Crippen molar-refractivity contribution >= 4 is 29.3 Å². The zero-order valence-electron chi connectivity index (χ0n) is 14.0. The van der Waals surface area contributed by atoms with Crippen LogP contribution in [-0.2, 0) is 20.7 Å². The van der Waals surface area contributed by atoms with Crippen molar-refractivity contribution in [2.75, 3.05) is 22.9 Å². The SMILES string of the molecule is CC(=O)NC[C@H]1CN(c2ccc3c(c2)CC(=O)N3C(C)C)C(=O)O1. The van der Waals surface area contributed by atoms with Gasteiger partial charge in [-0.2, -0.15) is 0 Å². The van der Waals surface area contributed by atoms with Crippen LogP contribution in [0.5, 0.6) is 0 Å². The Labute approximate surface area is 140 Å². The molecule has 24 heavy (non-hydrogen) atoms. The van der Waals surface area contributed by atoms with E-state index in [4.69, 9.17) is 4.74 Å². The molecular weight excluding hydrogens is 310 g/mol. The number of ether oxygens (including phenoxy) is 1. The van der Waals surface area contributed by atoms with Crippen LogP contribution in [0.15, 0.2) is 18.2 Å². The van der Waals surface area contributed by atoms with Crippen molar-refractivity contribution in [3.63, 3.8) is 0 Å². The first kappa shape index (κ1) is 16.3. The Bertz CT molecular complexity index is 701. The number of fused-ring (bicyclic) bond motifs is 1. The van der Waals surface area contributed by atoms with E-state index in [9.17, 15) is 14.4 Å². The minimum Gasteiger partial charge on any atom is -0.442 e. The molecular formula is C17H21N3O4. The van der Waals surface area contributed by atoms with Crippen LogP contribution in [0, 0.1) is 0 Å². The molecule has 1 atom stereocenters. The summed E-state index contributed by atoms with van der Waals surface area (Å²) in [6, 6.07) is 5.68. The topological polar surface area (TPSA) is 79.0 Å². The molecule has 128 valence electrons. The maximum atomic E-state index is 12.2. The van der Waals surface area contributed by atoms with Gasteiger partial charge in [0.05, 0.1) is 19.5 Å². The molecule has 0 radical (unpaired) electrons. The molecule has 1 saturated heterocycles. The Morgan fingerprint density at radius 1 is 1.38 bits per heavy atom. The molecule has 1 fully saturated rings. The van der Waals surface area contributed by atoms with Crippen LogP contribution >= 0.6 is 0 Å². The van der Waals surface area contributed by atoms with Gasteiger partial charge in [0, 0.05) is 24.3 Å². The van der Waals surface area contributed by atoms with Crippen molar-refractivity contribution in [2.24, 2.45) is 0 Å². The number of nitrogens with zero attached hydrogens (tertiary/aromatic N) is 2. The second kappa shape index (κ2) is 6.14. The average Bonchev–Trinajstić information content (AvgIpc) is 3.03. The number of hydrogen-bond donors (Lipinski definition) is 1. The molecule has 2 aliphatic rings. The van der Waals surface area contributed by atoms with Gasteiger partial charge in [0.2, 0.25) is 11.8 Å². The summed E-state index contributed by atoms with van der Waals surface area (Å²) in [5, 5.41) is 2.65. The second-order valence-electron chi connectivity index (χ2n) is 6.40. The van der Waals surface area contributed by atoms with Gasteiger partial charge < -0.3 is 15.0 Å². The molecule has 0 bridgehead atoms. The van der Waals surface area contributed by atoms with E-state index in [1.54, 1.807) is 4.90 Å². The van der Waals surface area contributed by atoms with Crippen LogP contribution < -0.4 is 15.1 Å². The third-order valence-electron chi connectivity index (χ3n) is 4.21.